The number of nitrogens with one attached hydrogen (secondary N) is 1. The number of carbonyl (C=O) groups is 1. The highest BCUT2D eigenvalue weighted by Crippen LogP contribution is 2.15. The van der Waals surface area contributed by atoms with E-state index >= 15 is 0 Å². The lowest BCUT2D eigenvalue weighted by atomic mass is 10.3. The number of hydrogen-bond donors (Lipinski definition) is 1. The number of aryl methyl sites for hydroxylation is 1. The minimum absolute atomic E-state index is 0.139. The Bertz CT molecular complexity index is 816. The van der Waals surface area contributed by atoms with Gasteiger partial charge in [-0.15, -0.1) is 22.0 Å². The van der Waals surface area contributed by atoms with E-state index in [1.54, 1.807) is 13.3 Å². The highest BCUT2D eigenvalue weighted by Gasteiger charge is 2.21. The second-order valence-electron chi connectivity index (χ2n) is 7.08. The average molecular weight is 430 g/mol. The maximum Gasteiger partial charge on any atom is 0.219 e. The third kappa shape index (κ3) is 6.48. The molecule has 1 N–H and O–H groups in total. The van der Waals surface area contributed by atoms with Crippen molar-refractivity contribution < 1.29 is 4.79 Å². The first-order valence-electron chi connectivity index (χ1n) is 10.5. The van der Waals surface area contributed by atoms with Crippen LogP contribution in [0.1, 0.15) is 19.7 Å². The Morgan fingerprint density at radius 3 is 2.60 bits per heavy atom. The molecule has 3 rings (SSSR count). The normalized spacial score (nSPS) is 14.8. The van der Waals surface area contributed by atoms with E-state index in [0.29, 0.717) is 6.54 Å². The van der Waals surface area contributed by atoms with Gasteiger partial charge in [-0.2, -0.15) is 0 Å². The van der Waals surface area contributed by atoms with Crippen LogP contribution in [0.15, 0.2) is 46.5 Å². The van der Waals surface area contributed by atoms with Crippen molar-refractivity contribution in [3.8, 4) is 0 Å². The van der Waals surface area contributed by atoms with Crippen molar-refractivity contribution >= 4 is 23.6 Å². The van der Waals surface area contributed by atoms with E-state index in [2.05, 4.69) is 56.2 Å². The molecular weight excluding hydrogens is 398 g/mol. The maximum atomic E-state index is 11.6. The molecule has 30 heavy (non-hydrogen) atoms. The number of amides is 1. The van der Waals surface area contributed by atoms with Gasteiger partial charge in [0.1, 0.15) is 12.2 Å². The van der Waals surface area contributed by atoms with Crippen LogP contribution >= 0.6 is 11.8 Å². The summed E-state index contributed by atoms with van der Waals surface area (Å²) in [4.78, 5) is 21.9. The molecule has 1 aliphatic heterocycles. The van der Waals surface area contributed by atoms with Crippen LogP contribution in [0, 0.1) is 0 Å². The molecule has 8 nitrogen and oxygen atoms in total. The van der Waals surface area contributed by atoms with Crippen LogP contribution in [0.2, 0.25) is 0 Å². The molecule has 0 aliphatic carbocycles. The number of hydrogen-bond acceptors (Lipinski definition) is 5. The summed E-state index contributed by atoms with van der Waals surface area (Å²) >= 11 is 1.83. The molecule has 1 aliphatic rings. The molecule has 0 radical (unpaired) electrons. The molecular formula is C21H31N7OS. The molecule has 0 spiro atoms. The van der Waals surface area contributed by atoms with Crippen LogP contribution in [0.5, 0.6) is 0 Å². The summed E-state index contributed by atoms with van der Waals surface area (Å²) < 4.78 is 2.06. The Balaban J connectivity index is 1.55. The average Bonchev–Trinajstić information content (AvgIpc) is 3.23. The molecule has 0 atom stereocenters. The number of aromatic nitrogens is 3. The van der Waals surface area contributed by atoms with Crippen molar-refractivity contribution in [2.24, 2.45) is 4.99 Å². The number of nitrogens with zero attached hydrogens (tertiary/aromatic N) is 6. The van der Waals surface area contributed by atoms with Crippen molar-refractivity contribution in [2.45, 2.75) is 31.7 Å². The SMILES string of the molecule is CCc1nncn1CCN=C(NCCSc1ccccc1)N1CCN(C(C)=O)CC1. The zero-order chi connectivity index (χ0) is 21.2. The summed E-state index contributed by atoms with van der Waals surface area (Å²) in [5, 5.41) is 11.7. The van der Waals surface area contributed by atoms with Gasteiger partial charge in [-0.05, 0) is 12.1 Å². The summed E-state index contributed by atoms with van der Waals surface area (Å²) in [5.41, 5.74) is 0. The molecule has 1 aromatic heterocycles. The lowest BCUT2D eigenvalue weighted by Gasteiger charge is -2.36. The molecule has 0 bridgehead atoms. The molecule has 0 unspecified atom stereocenters. The number of piperazine rings is 1. The van der Waals surface area contributed by atoms with E-state index in [1.165, 1.54) is 4.90 Å². The standard InChI is InChI=1S/C21H31N7OS/c1-3-20-25-24-17-28(20)11-9-22-21(27-14-12-26(13-15-27)18(2)29)23-10-16-30-19-7-5-4-6-8-19/h4-8,17H,3,9-16H2,1-2H3,(H,22,23). The van der Waals surface area contributed by atoms with Crippen LogP contribution in [-0.4, -0.2) is 81.5 Å². The maximum absolute atomic E-state index is 11.6. The van der Waals surface area contributed by atoms with E-state index < -0.39 is 0 Å². The molecule has 1 amide bonds. The van der Waals surface area contributed by atoms with Gasteiger partial charge in [0.2, 0.25) is 5.91 Å². The second-order valence-corrected chi connectivity index (χ2v) is 8.25. The van der Waals surface area contributed by atoms with Crippen LogP contribution < -0.4 is 5.32 Å². The summed E-state index contributed by atoms with van der Waals surface area (Å²) in [6, 6.07) is 10.4. The summed E-state index contributed by atoms with van der Waals surface area (Å²) in [7, 11) is 0. The van der Waals surface area contributed by atoms with Gasteiger partial charge in [0.25, 0.3) is 0 Å². The summed E-state index contributed by atoms with van der Waals surface area (Å²) in [6.45, 7) is 9.02. The van der Waals surface area contributed by atoms with Gasteiger partial charge in [-0.1, -0.05) is 25.1 Å². The molecule has 1 saturated heterocycles. The fraction of sp³-hybridized carbons (Fsp3) is 0.524. The largest absolute Gasteiger partial charge is 0.355 e. The van der Waals surface area contributed by atoms with E-state index in [9.17, 15) is 4.79 Å². The van der Waals surface area contributed by atoms with Crippen LogP contribution in [0.3, 0.4) is 0 Å². The predicted octanol–water partition coefficient (Wildman–Crippen LogP) is 1.74. The monoisotopic (exact) mass is 429 g/mol. The first-order chi connectivity index (χ1) is 14.7. The number of aliphatic imine (C=N–C) groups is 1. The third-order valence-electron chi connectivity index (χ3n) is 5.04. The molecule has 2 aromatic rings. The number of thioether (sulfide) groups is 1. The Hall–Kier alpha value is -2.55. The van der Waals surface area contributed by atoms with Crippen molar-refractivity contribution in [3.05, 3.63) is 42.5 Å². The van der Waals surface area contributed by atoms with E-state index in [0.717, 1.165) is 63.2 Å². The summed E-state index contributed by atoms with van der Waals surface area (Å²) in [5.74, 6) is 2.99. The molecule has 2 heterocycles. The minimum atomic E-state index is 0.139. The fourth-order valence-electron chi connectivity index (χ4n) is 3.35. The van der Waals surface area contributed by atoms with Gasteiger partial charge in [0, 0.05) is 63.3 Å². The zero-order valence-corrected chi connectivity index (χ0v) is 18.6. The van der Waals surface area contributed by atoms with E-state index in [4.69, 9.17) is 4.99 Å². The lowest BCUT2D eigenvalue weighted by Crippen LogP contribution is -2.53. The molecule has 0 saturated carbocycles. The molecule has 162 valence electrons. The van der Waals surface area contributed by atoms with Crippen LogP contribution in [0.4, 0.5) is 0 Å². The van der Waals surface area contributed by atoms with Gasteiger partial charge in [-0.25, -0.2) is 0 Å². The second kappa shape index (κ2) is 11.6. The smallest absolute Gasteiger partial charge is 0.219 e. The quantitative estimate of drug-likeness (QED) is 0.298. The number of rotatable bonds is 8. The highest BCUT2D eigenvalue weighted by molar-refractivity contribution is 7.99. The van der Waals surface area contributed by atoms with Crippen molar-refractivity contribution in [3.63, 3.8) is 0 Å². The van der Waals surface area contributed by atoms with Gasteiger partial charge >= 0.3 is 0 Å². The number of carbonyl (C=O) groups excluding carboxylic acids is 1. The van der Waals surface area contributed by atoms with Gasteiger partial charge < -0.3 is 19.7 Å². The van der Waals surface area contributed by atoms with Crippen molar-refractivity contribution in [1.82, 2.24) is 29.9 Å². The van der Waals surface area contributed by atoms with E-state index in [-0.39, 0.29) is 5.91 Å². The third-order valence-corrected chi connectivity index (χ3v) is 6.05. The molecule has 1 fully saturated rings. The van der Waals surface area contributed by atoms with Crippen molar-refractivity contribution in [1.29, 1.82) is 0 Å². The topological polar surface area (TPSA) is 78.7 Å². The molecule has 9 heteroatoms. The van der Waals surface area contributed by atoms with Gasteiger partial charge in [0.15, 0.2) is 5.96 Å². The van der Waals surface area contributed by atoms with Gasteiger partial charge in [0.05, 0.1) is 6.54 Å². The Labute approximate surface area is 182 Å². The van der Waals surface area contributed by atoms with Crippen LogP contribution in [0.25, 0.3) is 0 Å². The predicted molar refractivity (Wildman–Crippen MR) is 121 cm³/mol. The first-order valence-corrected chi connectivity index (χ1v) is 11.5. The summed E-state index contributed by atoms with van der Waals surface area (Å²) in [6.07, 6.45) is 2.63. The molecule has 1 aromatic carbocycles. The highest BCUT2D eigenvalue weighted by atomic mass is 32.2. The Kier molecular flexibility index (Phi) is 8.55. The minimum Gasteiger partial charge on any atom is -0.355 e. The fourth-order valence-corrected chi connectivity index (χ4v) is 4.14. The first kappa shape index (κ1) is 22.1. The van der Waals surface area contributed by atoms with Gasteiger partial charge in [-0.3, -0.25) is 9.79 Å². The number of benzene rings is 1. The van der Waals surface area contributed by atoms with Crippen molar-refractivity contribution in [2.75, 3.05) is 45.0 Å². The lowest BCUT2D eigenvalue weighted by molar-refractivity contribution is -0.130. The number of guanidine groups is 1. The zero-order valence-electron chi connectivity index (χ0n) is 17.8. The van der Waals surface area contributed by atoms with E-state index in [1.807, 2.05) is 22.7 Å². The Morgan fingerprint density at radius 2 is 1.90 bits per heavy atom. The Morgan fingerprint density at radius 1 is 1.17 bits per heavy atom. The van der Waals surface area contributed by atoms with Crippen LogP contribution in [-0.2, 0) is 17.8 Å².